The van der Waals surface area contributed by atoms with Crippen LogP contribution in [-0.4, -0.2) is 0 Å². The molecule has 2 aliphatic carbocycles. The van der Waals surface area contributed by atoms with Crippen molar-refractivity contribution >= 4 is 0 Å². The molecule has 31 heavy (non-hydrogen) atoms. The molecule has 1 unspecified atom stereocenters. The van der Waals surface area contributed by atoms with Crippen LogP contribution in [0.4, 0.5) is 0 Å². The van der Waals surface area contributed by atoms with Crippen molar-refractivity contribution in [1.82, 2.24) is 0 Å². The average Bonchev–Trinajstić information content (AvgIpc) is 3.08. The van der Waals surface area contributed by atoms with Gasteiger partial charge in [0.1, 0.15) is 0 Å². The third kappa shape index (κ3) is 2.14. The average molecular weight is 401 g/mol. The minimum absolute atomic E-state index is 0.0551. The number of rotatable bonds is 0. The molecule has 0 saturated heterocycles. The van der Waals surface area contributed by atoms with Gasteiger partial charge >= 0.3 is 0 Å². The van der Waals surface area contributed by atoms with Crippen molar-refractivity contribution in [3.8, 4) is 11.1 Å². The lowest BCUT2D eigenvalue weighted by Crippen LogP contribution is -2.59. The van der Waals surface area contributed by atoms with Gasteiger partial charge in [-0.1, -0.05) is 48.5 Å². The summed E-state index contributed by atoms with van der Waals surface area (Å²) < 4.78 is 2.55. The summed E-state index contributed by atoms with van der Waals surface area (Å²) >= 11 is 0. The van der Waals surface area contributed by atoms with Crippen LogP contribution in [-0.2, 0) is 18.4 Å². The van der Waals surface area contributed by atoms with Crippen LogP contribution in [0.3, 0.4) is 0 Å². The first kappa shape index (κ1) is 17.5. The monoisotopic (exact) mass is 400 g/mol. The summed E-state index contributed by atoms with van der Waals surface area (Å²) in [4.78, 5) is 0. The van der Waals surface area contributed by atoms with E-state index in [1.165, 1.54) is 61.3 Å². The van der Waals surface area contributed by atoms with E-state index in [1.807, 2.05) is 0 Å². The maximum absolute atomic E-state index is 2.55. The van der Waals surface area contributed by atoms with Crippen molar-refractivity contribution in [3.05, 3.63) is 123 Å². The molecule has 1 nitrogen and oxygen atoms in total. The zero-order chi connectivity index (χ0) is 20.9. The second-order valence-electron chi connectivity index (χ2n) is 10.0. The molecule has 0 saturated carbocycles. The molecule has 0 fully saturated rings. The van der Waals surface area contributed by atoms with Gasteiger partial charge in [0.25, 0.3) is 0 Å². The van der Waals surface area contributed by atoms with Gasteiger partial charge in [0.05, 0.1) is 11.5 Å². The van der Waals surface area contributed by atoms with Gasteiger partial charge in [-0.3, -0.25) is 0 Å². The minimum atomic E-state index is -0.0551. The maximum atomic E-state index is 2.55. The summed E-state index contributed by atoms with van der Waals surface area (Å²) in [5.74, 6) is 0.330. The first-order valence-electron chi connectivity index (χ1n) is 11.4. The summed E-state index contributed by atoms with van der Waals surface area (Å²) in [6.45, 7) is 7.02. The molecule has 1 aliphatic heterocycles. The van der Waals surface area contributed by atoms with E-state index in [4.69, 9.17) is 0 Å². The highest BCUT2D eigenvalue weighted by atomic mass is 15.1. The molecule has 3 aliphatic rings. The van der Waals surface area contributed by atoms with E-state index in [1.54, 1.807) is 0 Å². The Bertz CT molecular complexity index is 1420. The Morgan fingerprint density at radius 3 is 2.26 bits per heavy atom. The molecule has 0 spiro atoms. The first-order valence-corrected chi connectivity index (χ1v) is 11.4. The SMILES string of the molecule is Cc1cccc2c1C(C)(C)[n+]1cccc3c1C2c1cc2c(cc1-3)Cc1ccccc1C2. The number of benzene rings is 3. The number of fused-ring (bicyclic) bond motifs is 7. The normalized spacial score (nSPS) is 18.5. The molecule has 150 valence electrons. The van der Waals surface area contributed by atoms with Gasteiger partial charge in [-0.05, 0) is 76.4 Å². The standard InChI is InChI=1S/C30H26N/c1-18-8-6-11-24-27-26-17-22-15-20-10-5-4-9-19(20)14-21(22)16-25(26)23-12-7-13-31(29(23)27)30(2,3)28(18)24/h4-13,16-17,27H,14-15H2,1-3H3/q+1. The van der Waals surface area contributed by atoms with E-state index in [0.717, 1.165) is 12.8 Å². The fourth-order valence-electron chi connectivity index (χ4n) is 6.70. The largest absolute Gasteiger partial charge is 0.201 e. The summed E-state index contributed by atoms with van der Waals surface area (Å²) in [7, 11) is 0. The van der Waals surface area contributed by atoms with Crippen molar-refractivity contribution in [2.45, 2.75) is 45.1 Å². The molecule has 1 atom stereocenters. The summed E-state index contributed by atoms with van der Waals surface area (Å²) in [5, 5.41) is 0. The second kappa shape index (κ2) is 5.73. The topological polar surface area (TPSA) is 3.88 Å². The number of pyridine rings is 1. The number of aromatic nitrogens is 1. The number of hydrogen-bond acceptors (Lipinski definition) is 0. The van der Waals surface area contributed by atoms with Gasteiger partial charge in [-0.25, -0.2) is 0 Å². The van der Waals surface area contributed by atoms with E-state index in [0.29, 0.717) is 5.92 Å². The highest BCUT2D eigenvalue weighted by Gasteiger charge is 2.50. The Morgan fingerprint density at radius 1 is 0.742 bits per heavy atom. The van der Waals surface area contributed by atoms with Crippen LogP contribution in [0.5, 0.6) is 0 Å². The summed E-state index contributed by atoms with van der Waals surface area (Å²) in [6.07, 6.45) is 4.39. The van der Waals surface area contributed by atoms with Crippen LogP contribution in [0.25, 0.3) is 11.1 Å². The first-order chi connectivity index (χ1) is 15.0. The van der Waals surface area contributed by atoms with E-state index < -0.39 is 0 Å². The lowest BCUT2D eigenvalue weighted by molar-refractivity contribution is -0.755. The van der Waals surface area contributed by atoms with Gasteiger partial charge < -0.3 is 0 Å². The maximum Gasteiger partial charge on any atom is 0.201 e. The summed E-state index contributed by atoms with van der Waals surface area (Å²) in [6, 6.07) is 25.5. The fraction of sp³-hybridized carbons (Fsp3) is 0.233. The molecule has 0 amide bonds. The van der Waals surface area contributed by atoms with Gasteiger partial charge in [-0.2, -0.15) is 4.57 Å². The number of hydrogen-bond donors (Lipinski definition) is 0. The quantitative estimate of drug-likeness (QED) is 0.274. The molecule has 0 radical (unpaired) electrons. The van der Waals surface area contributed by atoms with Crippen molar-refractivity contribution < 1.29 is 4.57 Å². The Labute approximate surface area is 184 Å². The van der Waals surface area contributed by atoms with E-state index >= 15 is 0 Å². The predicted molar refractivity (Wildman–Crippen MR) is 125 cm³/mol. The number of nitrogens with zero attached hydrogens (tertiary/aromatic N) is 1. The molecule has 2 heterocycles. The van der Waals surface area contributed by atoms with Gasteiger partial charge in [0.2, 0.25) is 5.69 Å². The highest BCUT2D eigenvalue weighted by molar-refractivity contribution is 5.81. The lowest BCUT2D eigenvalue weighted by atomic mass is 9.75. The van der Waals surface area contributed by atoms with Crippen molar-refractivity contribution in [3.63, 3.8) is 0 Å². The third-order valence-corrected chi connectivity index (χ3v) is 7.99. The molecular weight excluding hydrogens is 374 g/mol. The van der Waals surface area contributed by atoms with Crippen LogP contribution >= 0.6 is 0 Å². The molecule has 0 bridgehead atoms. The Morgan fingerprint density at radius 2 is 1.48 bits per heavy atom. The van der Waals surface area contributed by atoms with Crippen molar-refractivity contribution in [2.75, 3.05) is 0 Å². The fourth-order valence-corrected chi connectivity index (χ4v) is 6.70. The molecule has 1 heteroatoms. The Balaban J connectivity index is 1.52. The van der Waals surface area contributed by atoms with E-state index in [-0.39, 0.29) is 5.54 Å². The molecular formula is C30H26N+. The van der Waals surface area contributed by atoms with Crippen LogP contribution in [0.1, 0.15) is 70.0 Å². The van der Waals surface area contributed by atoms with Crippen LogP contribution in [0.2, 0.25) is 0 Å². The Kier molecular flexibility index (Phi) is 3.23. The minimum Gasteiger partial charge on any atom is -0.192 e. The van der Waals surface area contributed by atoms with Gasteiger partial charge in [-0.15, -0.1) is 0 Å². The smallest absolute Gasteiger partial charge is 0.192 e. The Hall–Kier alpha value is -3.19. The second-order valence-corrected chi connectivity index (χ2v) is 10.0. The van der Waals surface area contributed by atoms with Crippen LogP contribution in [0.15, 0.2) is 72.9 Å². The van der Waals surface area contributed by atoms with E-state index in [2.05, 4.69) is 98.3 Å². The van der Waals surface area contributed by atoms with Crippen LogP contribution in [0, 0.1) is 6.92 Å². The zero-order valence-corrected chi connectivity index (χ0v) is 18.4. The molecule has 3 aromatic carbocycles. The van der Waals surface area contributed by atoms with Gasteiger partial charge in [0.15, 0.2) is 11.7 Å². The molecule has 1 aromatic heterocycles. The summed E-state index contributed by atoms with van der Waals surface area (Å²) in [5.41, 5.74) is 16.1. The van der Waals surface area contributed by atoms with Crippen molar-refractivity contribution in [2.24, 2.45) is 0 Å². The van der Waals surface area contributed by atoms with Gasteiger partial charge in [0, 0.05) is 25.5 Å². The van der Waals surface area contributed by atoms with Crippen molar-refractivity contribution in [1.29, 1.82) is 0 Å². The molecule has 4 aromatic rings. The highest BCUT2D eigenvalue weighted by Crippen LogP contribution is 2.53. The zero-order valence-electron chi connectivity index (χ0n) is 18.4. The number of aryl methyl sites for hydroxylation is 1. The molecule has 0 N–H and O–H groups in total. The van der Waals surface area contributed by atoms with Crippen LogP contribution < -0.4 is 4.57 Å². The predicted octanol–water partition coefficient (Wildman–Crippen LogP) is 6.03. The molecule has 7 rings (SSSR count). The lowest BCUT2D eigenvalue weighted by Gasteiger charge is -2.33. The third-order valence-electron chi connectivity index (χ3n) is 7.99. The van der Waals surface area contributed by atoms with E-state index in [9.17, 15) is 0 Å².